The van der Waals surface area contributed by atoms with Crippen molar-refractivity contribution in [2.45, 2.75) is 90.7 Å². The van der Waals surface area contributed by atoms with Crippen LogP contribution in [0.1, 0.15) is 72.6 Å². The fraction of sp³-hybridized carbons (Fsp3) is 0.667. The molecule has 4 atom stereocenters. The van der Waals surface area contributed by atoms with Crippen LogP contribution in [0, 0.1) is 23.2 Å². The number of alkyl halides is 2. The van der Waals surface area contributed by atoms with E-state index in [1.54, 1.807) is 22.9 Å². The van der Waals surface area contributed by atoms with Gasteiger partial charge in [0.2, 0.25) is 0 Å². The van der Waals surface area contributed by atoms with Gasteiger partial charge in [0.15, 0.2) is 5.82 Å². The molecule has 36 heavy (non-hydrogen) atoms. The van der Waals surface area contributed by atoms with E-state index in [4.69, 9.17) is 23.2 Å². The van der Waals surface area contributed by atoms with Gasteiger partial charge < -0.3 is 5.11 Å². The molecule has 0 spiro atoms. The van der Waals surface area contributed by atoms with E-state index in [1.165, 1.54) is 19.4 Å². The second kappa shape index (κ2) is 10.3. The minimum absolute atomic E-state index is 0.0947. The second-order valence-electron chi connectivity index (χ2n) is 11.5. The van der Waals surface area contributed by atoms with Crippen molar-refractivity contribution in [3.8, 4) is 11.4 Å². The maximum absolute atomic E-state index is 14.4. The van der Waals surface area contributed by atoms with Crippen LogP contribution in [-0.4, -0.2) is 36.8 Å². The predicted molar refractivity (Wildman–Crippen MR) is 139 cm³/mol. The third-order valence-corrected chi connectivity index (χ3v) is 9.15. The maximum Gasteiger partial charge on any atom is 0.275 e. The lowest BCUT2D eigenvalue weighted by Crippen LogP contribution is -2.43. The lowest BCUT2D eigenvalue weighted by atomic mass is 9.60. The summed E-state index contributed by atoms with van der Waals surface area (Å²) in [6.07, 6.45) is 7.75. The first-order valence-corrected chi connectivity index (χ1v) is 13.6. The minimum atomic E-state index is -3.09. The highest BCUT2D eigenvalue weighted by atomic mass is 35.5. The molecular weight excluding hydrogens is 505 g/mol. The number of aromatic nitrogens is 4. The topological polar surface area (TPSA) is 63.8 Å². The summed E-state index contributed by atoms with van der Waals surface area (Å²) in [5.74, 6) is -1.48. The van der Waals surface area contributed by atoms with Crippen molar-refractivity contribution in [1.29, 1.82) is 0 Å². The zero-order valence-electron chi connectivity index (χ0n) is 21.4. The molecule has 0 radical (unpaired) electrons. The third-order valence-electron chi connectivity index (χ3n) is 8.71. The fourth-order valence-electron chi connectivity index (χ4n) is 6.60. The standard InChI is InChI=1S/C27H36Cl2F2N4O/c1-17(9-12-27(30,31)25(2,3)36)22-7-8-23-18(6-5-11-26(22,23)4)10-13-35-24(32-33-34-35)19-14-20(28)16-21(29)15-19/h10,14-17,22-23,36H,5-9,11-13H2,1-4H3/b18-10+/t17-,22-,23+,26-/m1/s1. The Morgan fingerprint density at radius 2 is 1.92 bits per heavy atom. The summed E-state index contributed by atoms with van der Waals surface area (Å²) >= 11 is 12.3. The molecule has 0 unspecified atom stereocenters. The van der Waals surface area contributed by atoms with Crippen molar-refractivity contribution in [1.82, 2.24) is 20.2 Å². The molecule has 4 rings (SSSR count). The molecule has 198 valence electrons. The lowest BCUT2D eigenvalue weighted by molar-refractivity contribution is -0.168. The Hall–Kier alpha value is -1.57. The Morgan fingerprint density at radius 1 is 1.22 bits per heavy atom. The molecule has 1 aromatic heterocycles. The van der Waals surface area contributed by atoms with E-state index in [1.807, 2.05) is 0 Å². The van der Waals surface area contributed by atoms with Crippen molar-refractivity contribution in [3.63, 3.8) is 0 Å². The first-order valence-electron chi connectivity index (χ1n) is 12.8. The average molecular weight is 542 g/mol. The Labute approximate surface area is 222 Å². The Morgan fingerprint density at radius 3 is 2.58 bits per heavy atom. The van der Waals surface area contributed by atoms with Gasteiger partial charge in [-0.3, -0.25) is 0 Å². The Kier molecular flexibility index (Phi) is 7.86. The molecule has 1 N–H and O–H groups in total. The summed E-state index contributed by atoms with van der Waals surface area (Å²) in [4.78, 5) is 0. The molecule has 0 saturated heterocycles. The van der Waals surface area contributed by atoms with Gasteiger partial charge in [-0.2, -0.15) is 0 Å². The van der Waals surface area contributed by atoms with E-state index < -0.39 is 11.5 Å². The number of allylic oxidation sites excluding steroid dienone is 2. The fourth-order valence-corrected chi connectivity index (χ4v) is 7.12. The summed E-state index contributed by atoms with van der Waals surface area (Å²) in [5.41, 5.74) is 0.284. The van der Waals surface area contributed by atoms with Crippen LogP contribution in [0.2, 0.25) is 10.0 Å². The molecule has 2 aromatic rings. The number of hydrogen-bond donors (Lipinski definition) is 1. The lowest BCUT2D eigenvalue weighted by Gasteiger charge is -2.44. The molecule has 0 bridgehead atoms. The molecule has 5 nitrogen and oxygen atoms in total. The highest BCUT2D eigenvalue weighted by molar-refractivity contribution is 6.35. The van der Waals surface area contributed by atoms with Gasteiger partial charge in [0.05, 0.1) is 6.54 Å². The zero-order valence-corrected chi connectivity index (χ0v) is 23.0. The number of nitrogens with zero attached hydrogens (tertiary/aromatic N) is 4. The zero-order chi connectivity index (χ0) is 26.3. The van der Waals surface area contributed by atoms with E-state index in [2.05, 4.69) is 35.4 Å². The molecule has 2 saturated carbocycles. The van der Waals surface area contributed by atoms with Crippen LogP contribution in [-0.2, 0) is 6.54 Å². The van der Waals surface area contributed by atoms with E-state index in [0.717, 1.165) is 37.7 Å². The van der Waals surface area contributed by atoms with E-state index in [9.17, 15) is 13.9 Å². The summed E-state index contributed by atoms with van der Waals surface area (Å²) < 4.78 is 30.6. The van der Waals surface area contributed by atoms with Gasteiger partial charge >= 0.3 is 0 Å². The summed E-state index contributed by atoms with van der Waals surface area (Å²) in [7, 11) is 0. The van der Waals surface area contributed by atoms with Crippen LogP contribution in [0.3, 0.4) is 0 Å². The predicted octanol–water partition coefficient (Wildman–Crippen LogP) is 7.61. The van der Waals surface area contributed by atoms with Crippen LogP contribution in [0.5, 0.6) is 0 Å². The first kappa shape index (κ1) is 27.5. The Balaban J connectivity index is 1.48. The van der Waals surface area contributed by atoms with Gasteiger partial charge in [0.25, 0.3) is 5.92 Å². The van der Waals surface area contributed by atoms with Gasteiger partial charge in [0.1, 0.15) is 5.60 Å². The third kappa shape index (κ3) is 5.48. The number of halogens is 4. The van der Waals surface area contributed by atoms with Gasteiger partial charge in [-0.25, -0.2) is 13.5 Å². The number of fused-ring (bicyclic) bond motifs is 1. The van der Waals surface area contributed by atoms with Crippen molar-refractivity contribution >= 4 is 23.2 Å². The van der Waals surface area contributed by atoms with E-state index in [-0.39, 0.29) is 17.8 Å². The molecule has 1 heterocycles. The van der Waals surface area contributed by atoms with E-state index >= 15 is 0 Å². The SMILES string of the molecule is C[C@H](CCC(F)(F)C(C)(C)O)[C@H]1CC[C@H]2/C(=C/Cn3nnnc3-c3cc(Cl)cc(Cl)c3)CCC[C@]12C. The smallest absolute Gasteiger partial charge is 0.275 e. The van der Waals surface area contributed by atoms with Gasteiger partial charge in [-0.1, -0.05) is 48.7 Å². The number of rotatable bonds is 8. The molecule has 1 aromatic carbocycles. The van der Waals surface area contributed by atoms with Crippen molar-refractivity contribution < 1.29 is 13.9 Å². The molecule has 2 aliphatic carbocycles. The van der Waals surface area contributed by atoms with Crippen LogP contribution >= 0.6 is 23.2 Å². The van der Waals surface area contributed by atoms with Crippen LogP contribution < -0.4 is 0 Å². The number of aliphatic hydroxyl groups is 1. The summed E-state index contributed by atoms with van der Waals surface area (Å²) in [6, 6.07) is 5.27. The number of hydrogen-bond acceptors (Lipinski definition) is 4. The van der Waals surface area contributed by atoms with Gasteiger partial charge in [0, 0.05) is 22.0 Å². The second-order valence-corrected chi connectivity index (χ2v) is 12.4. The van der Waals surface area contributed by atoms with E-state index in [0.29, 0.717) is 40.7 Å². The number of benzene rings is 1. The summed E-state index contributed by atoms with van der Waals surface area (Å²) in [5, 5.41) is 23.1. The Bertz CT molecular complexity index is 1090. The first-order chi connectivity index (χ1) is 16.8. The molecular formula is C27H36Cl2F2N4O. The molecule has 0 amide bonds. The monoisotopic (exact) mass is 540 g/mol. The molecule has 2 fully saturated rings. The normalized spacial score (nSPS) is 26.9. The van der Waals surface area contributed by atoms with Crippen LogP contribution in [0.15, 0.2) is 29.8 Å². The van der Waals surface area contributed by atoms with Gasteiger partial charge in [-0.15, -0.1) is 5.10 Å². The minimum Gasteiger partial charge on any atom is -0.384 e. The van der Waals surface area contributed by atoms with Crippen molar-refractivity contribution in [2.24, 2.45) is 23.2 Å². The number of tetrazole rings is 1. The largest absolute Gasteiger partial charge is 0.384 e. The van der Waals surface area contributed by atoms with Crippen molar-refractivity contribution in [3.05, 3.63) is 39.9 Å². The highest BCUT2D eigenvalue weighted by Crippen LogP contribution is 2.60. The molecule has 0 aliphatic heterocycles. The summed E-state index contributed by atoms with van der Waals surface area (Å²) in [6.45, 7) is 7.40. The average Bonchev–Trinajstić information content (AvgIpc) is 3.39. The molecule has 9 heteroatoms. The van der Waals surface area contributed by atoms with Crippen LogP contribution in [0.4, 0.5) is 8.78 Å². The van der Waals surface area contributed by atoms with Crippen molar-refractivity contribution in [2.75, 3.05) is 0 Å². The maximum atomic E-state index is 14.4. The van der Waals surface area contributed by atoms with Crippen LogP contribution in [0.25, 0.3) is 11.4 Å². The highest BCUT2D eigenvalue weighted by Gasteiger charge is 2.51. The van der Waals surface area contributed by atoms with Gasteiger partial charge in [-0.05, 0) is 104 Å². The molecule has 2 aliphatic rings. The quantitative estimate of drug-likeness (QED) is 0.350.